The SMILES string of the molecule is C#C.CN(CCCO)C(=O)NCc1ccc(O)cc1.O=CNC=Nc1ccc(Oc2ccccn2)cc1. The van der Waals surface area contributed by atoms with Crippen LogP contribution in [0.1, 0.15) is 12.0 Å². The number of carbonyl (C=O) groups is 2. The Bertz CT molecular complexity index is 1090. The van der Waals surface area contributed by atoms with Crippen LogP contribution in [0.4, 0.5) is 10.5 Å². The van der Waals surface area contributed by atoms with Gasteiger partial charge in [0.15, 0.2) is 0 Å². The number of phenolic OH excluding ortho intramolecular Hbond substituents is 1. The van der Waals surface area contributed by atoms with E-state index >= 15 is 0 Å². The number of aliphatic imine (C=N–C) groups is 1. The molecule has 2 aromatic carbocycles. The van der Waals surface area contributed by atoms with Gasteiger partial charge in [0.25, 0.3) is 0 Å². The van der Waals surface area contributed by atoms with E-state index in [0.717, 1.165) is 11.3 Å². The van der Waals surface area contributed by atoms with Gasteiger partial charge in [-0.05, 0) is 54.4 Å². The number of ether oxygens (including phenoxy) is 1. The largest absolute Gasteiger partial charge is 0.508 e. The smallest absolute Gasteiger partial charge is 0.317 e. The lowest BCUT2D eigenvalue weighted by Crippen LogP contribution is -2.37. The molecule has 0 aliphatic carbocycles. The number of benzene rings is 2. The van der Waals surface area contributed by atoms with Gasteiger partial charge in [-0.15, -0.1) is 12.8 Å². The van der Waals surface area contributed by atoms with E-state index in [9.17, 15) is 9.59 Å². The summed E-state index contributed by atoms with van der Waals surface area (Å²) in [5.74, 6) is 1.42. The van der Waals surface area contributed by atoms with Crippen LogP contribution in [-0.4, -0.2) is 59.1 Å². The lowest BCUT2D eigenvalue weighted by molar-refractivity contribution is -0.108. The molecule has 0 fully saturated rings. The van der Waals surface area contributed by atoms with E-state index in [1.807, 2.05) is 12.1 Å². The Balaban J connectivity index is 0.000000348. The highest BCUT2D eigenvalue weighted by molar-refractivity contribution is 5.74. The summed E-state index contributed by atoms with van der Waals surface area (Å²) in [5, 5.41) is 22.8. The molecule has 0 unspecified atom stereocenters. The Morgan fingerprint density at radius 1 is 1.11 bits per heavy atom. The highest BCUT2D eigenvalue weighted by atomic mass is 16.5. The third-order valence-electron chi connectivity index (χ3n) is 4.43. The molecule has 0 atom stereocenters. The average molecular weight is 506 g/mol. The minimum Gasteiger partial charge on any atom is -0.508 e. The first-order valence-corrected chi connectivity index (χ1v) is 11.1. The molecule has 1 aromatic heterocycles. The van der Waals surface area contributed by atoms with Crippen LogP contribution in [-0.2, 0) is 11.3 Å². The van der Waals surface area contributed by atoms with Gasteiger partial charge in [-0.1, -0.05) is 18.2 Å². The number of terminal acetylenes is 1. The third kappa shape index (κ3) is 13.0. The molecular formula is C27H31N5O5. The van der Waals surface area contributed by atoms with Crippen molar-refractivity contribution in [3.8, 4) is 30.2 Å². The maximum atomic E-state index is 11.6. The van der Waals surface area contributed by atoms with Gasteiger partial charge in [0.1, 0.15) is 11.5 Å². The molecule has 10 nitrogen and oxygen atoms in total. The molecule has 0 radical (unpaired) electrons. The average Bonchev–Trinajstić information content (AvgIpc) is 2.94. The summed E-state index contributed by atoms with van der Waals surface area (Å²) in [7, 11) is 1.68. The third-order valence-corrected chi connectivity index (χ3v) is 4.43. The summed E-state index contributed by atoms with van der Waals surface area (Å²) in [5.41, 5.74) is 1.64. The molecule has 10 heteroatoms. The Morgan fingerprint density at radius 3 is 2.41 bits per heavy atom. The maximum absolute atomic E-state index is 11.6. The lowest BCUT2D eigenvalue weighted by atomic mass is 10.2. The van der Waals surface area contributed by atoms with Crippen LogP contribution in [0.3, 0.4) is 0 Å². The first-order valence-electron chi connectivity index (χ1n) is 11.1. The molecule has 0 bridgehead atoms. The van der Waals surface area contributed by atoms with Crippen LogP contribution in [0.25, 0.3) is 0 Å². The topological polar surface area (TPSA) is 136 Å². The molecule has 37 heavy (non-hydrogen) atoms. The van der Waals surface area contributed by atoms with Crippen molar-refractivity contribution >= 4 is 24.5 Å². The number of carbonyl (C=O) groups excluding carboxylic acids is 2. The molecular weight excluding hydrogens is 474 g/mol. The number of phenols is 1. The molecule has 3 rings (SSSR count). The van der Waals surface area contributed by atoms with E-state index in [1.165, 1.54) is 11.2 Å². The number of pyridine rings is 1. The molecule has 194 valence electrons. The maximum Gasteiger partial charge on any atom is 0.317 e. The number of aromatic nitrogens is 1. The summed E-state index contributed by atoms with van der Waals surface area (Å²) in [4.78, 5) is 31.2. The van der Waals surface area contributed by atoms with Gasteiger partial charge in [0, 0.05) is 39.0 Å². The number of aliphatic hydroxyl groups excluding tert-OH is 1. The number of urea groups is 1. The number of hydrogen-bond donors (Lipinski definition) is 4. The van der Waals surface area contributed by atoms with Crippen molar-refractivity contribution in [1.82, 2.24) is 20.5 Å². The summed E-state index contributed by atoms with van der Waals surface area (Å²) in [6, 6.07) is 19.1. The number of nitrogens with one attached hydrogen (secondary N) is 2. The number of amides is 3. The zero-order valence-corrected chi connectivity index (χ0v) is 20.5. The van der Waals surface area contributed by atoms with Crippen molar-refractivity contribution in [3.05, 3.63) is 78.5 Å². The van der Waals surface area contributed by atoms with Gasteiger partial charge in [0.05, 0.1) is 12.0 Å². The van der Waals surface area contributed by atoms with Crippen molar-refractivity contribution in [1.29, 1.82) is 0 Å². The predicted octanol–water partition coefficient (Wildman–Crippen LogP) is 3.45. The lowest BCUT2D eigenvalue weighted by Gasteiger charge is -2.17. The van der Waals surface area contributed by atoms with E-state index in [4.69, 9.17) is 14.9 Å². The molecule has 3 amide bonds. The van der Waals surface area contributed by atoms with Gasteiger partial charge >= 0.3 is 6.03 Å². The van der Waals surface area contributed by atoms with Crippen molar-refractivity contribution in [2.45, 2.75) is 13.0 Å². The minimum absolute atomic E-state index is 0.0790. The quantitative estimate of drug-likeness (QED) is 0.144. The normalized spacial score (nSPS) is 9.62. The zero-order chi connectivity index (χ0) is 27.3. The molecule has 0 aliphatic heterocycles. The van der Waals surface area contributed by atoms with Crippen LogP contribution < -0.4 is 15.4 Å². The van der Waals surface area contributed by atoms with Gasteiger partial charge in [-0.3, -0.25) is 4.79 Å². The van der Waals surface area contributed by atoms with E-state index in [0.29, 0.717) is 37.5 Å². The van der Waals surface area contributed by atoms with Crippen LogP contribution >= 0.6 is 0 Å². The highest BCUT2D eigenvalue weighted by Gasteiger charge is 2.06. The number of rotatable bonds is 10. The van der Waals surface area contributed by atoms with Gasteiger partial charge < -0.3 is 30.5 Å². The van der Waals surface area contributed by atoms with Crippen LogP contribution in [0.2, 0.25) is 0 Å². The first kappa shape index (κ1) is 30.2. The van der Waals surface area contributed by atoms with Crippen molar-refractivity contribution in [2.24, 2.45) is 4.99 Å². The second kappa shape index (κ2) is 18.4. The Labute approximate surface area is 216 Å². The second-order valence-electron chi connectivity index (χ2n) is 7.13. The molecule has 3 aromatic rings. The van der Waals surface area contributed by atoms with E-state index < -0.39 is 0 Å². The Hall–Kier alpha value is -4.88. The van der Waals surface area contributed by atoms with Crippen molar-refractivity contribution in [3.63, 3.8) is 0 Å². The van der Waals surface area contributed by atoms with E-state index in [-0.39, 0.29) is 18.4 Å². The van der Waals surface area contributed by atoms with Crippen LogP contribution in [0, 0.1) is 12.8 Å². The van der Waals surface area contributed by atoms with Crippen LogP contribution in [0.15, 0.2) is 77.9 Å². The summed E-state index contributed by atoms with van der Waals surface area (Å²) in [6.07, 6.45) is 12.1. The molecule has 4 N–H and O–H groups in total. The minimum atomic E-state index is -0.175. The zero-order valence-electron chi connectivity index (χ0n) is 20.5. The fraction of sp³-hybridized carbons (Fsp3) is 0.185. The molecule has 0 spiro atoms. The standard InChI is InChI=1S/C13H11N3O2.C12H18N2O3.C2H2/c17-10-14-9-16-11-4-6-12(7-5-11)18-13-3-1-2-8-15-13;1-14(7-2-8-15)12(17)13-9-10-3-5-11(16)6-4-10;1-2/h1-10H,(H,14,16,17);3-6,15-16H,2,7-9H2,1H3,(H,13,17);1-2H. The fourth-order valence-corrected chi connectivity index (χ4v) is 2.61. The number of aromatic hydroxyl groups is 1. The molecule has 0 saturated carbocycles. The van der Waals surface area contributed by atoms with Crippen molar-refractivity contribution in [2.75, 3.05) is 20.2 Å². The van der Waals surface area contributed by atoms with Gasteiger partial charge in [0.2, 0.25) is 12.3 Å². The number of aliphatic hydroxyl groups is 1. The fourth-order valence-electron chi connectivity index (χ4n) is 2.61. The summed E-state index contributed by atoms with van der Waals surface area (Å²) >= 11 is 0. The second-order valence-corrected chi connectivity index (χ2v) is 7.13. The number of hydrogen-bond acceptors (Lipinski definition) is 7. The van der Waals surface area contributed by atoms with Gasteiger partial charge in [-0.2, -0.15) is 0 Å². The monoisotopic (exact) mass is 505 g/mol. The van der Waals surface area contributed by atoms with Gasteiger partial charge in [-0.25, -0.2) is 14.8 Å². The molecule has 0 saturated heterocycles. The Morgan fingerprint density at radius 2 is 1.81 bits per heavy atom. The van der Waals surface area contributed by atoms with Crippen molar-refractivity contribution < 1.29 is 24.5 Å². The van der Waals surface area contributed by atoms with E-state index in [1.54, 1.807) is 67.8 Å². The Kier molecular flexibility index (Phi) is 15.0. The molecule has 0 aliphatic rings. The molecule has 1 heterocycles. The van der Waals surface area contributed by atoms with Crippen LogP contribution in [0.5, 0.6) is 17.4 Å². The highest BCUT2D eigenvalue weighted by Crippen LogP contribution is 2.22. The first-order chi connectivity index (χ1) is 18.0. The summed E-state index contributed by atoms with van der Waals surface area (Å²) < 4.78 is 5.52. The predicted molar refractivity (Wildman–Crippen MR) is 143 cm³/mol. The summed E-state index contributed by atoms with van der Waals surface area (Å²) in [6.45, 7) is 1.02. The van der Waals surface area contributed by atoms with E-state index in [2.05, 4.69) is 33.5 Å². The number of nitrogens with zero attached hydrogens (tertiary/aromatic N) is 3.